The molecule has 0 atom stereocenters. The SMILES string of the molecule is CCN(CC(=O)Nc1ccccc1C(=O)NCCc1ccccc1)Cc1cccs1. The van der Waals surface area contributed by atoms with Crippen LogP contribution in [0.15, 0.2) is 72.1 Å². The molecule has 156 valence electrons. The largest absolute Gasteiger partial charge is 0.352 e. The fraction of sp³-hybridized carbons (Fsp3) is 0.250. The van der Waals surface area contributed by atoms with Crippen LogP contribution in [0.2, 0.25) is 0 Å². The van der Waals surface area contributed by atoms with Gasteiger partial charge in [-0.1, -0.05) is 55.5 Å². The molecule has 6 heteroatoms. The molecule has 2 aromatic carbocycles. The van der Waals surface area contributed by atoms with Crippen molar-refractivity contribution in [3.8, 4) is 0 Å². The van der Waals surface area contributed by atoms with E-state index in [-0.39, 0.29) is 18.4 Å². The summed E-state index contributed by atoms with van der Waals surface area (Å²) in [5, 5.41) is 7.89. The monoisotopic (exact) mass is 421 g/mol. The Morgan fingerprint density at radius 2 is 1.73 bits per heavy atom. The number of carbonyl (C=O) groups excluding carboxylic acids is 2. The van der Waals surface area contributed by atoms with Crippen LogP contribution >= 0.6 is 11.3 Å². The molecular weight excluding hydrogens is 394 g/mol. The summed E-state index contributed by atoms with van der Waals surface area (Å²) >= 11 is 1.68. The van der Waals surface area contributed by atoms with Crippen LogP contribution < -0.4 is 10.6 Å². The number of hydrogen-bond acceptors (Lipinski definition) is 4. The Morgan fingerprint density at radius 1 is 0.967 bits per heavy atom. The minimum atomic E-state index is -0.187. The van der Waals surface area contributed by atoms with E-state index >= 15 is 0 Å². The summed E-state index contributed by atoms with van der Waals surface area (Å²) in [6.45, 7) is 4.36. The van der Waals surface area contributed by atoms with Gasteiger partial charge in [0.15, 0.2) is 0 Å². The first kappa shape index (κ1) is 21.7. The smallest absolute Gasteiger partial charge is 0.253 e. The number of nitrogens with one attached hydrogen (secondary N) is 2. The normalized spacial score (nSPS) is 10.7. The molecule has 0 bridgehead atoms. The van der Waals surface area contributed by atoms with Crippen molar-refractivity contribution >= 4 is 28.8 Å². The predicted molar refractivity (Wildman–Crippen MR) is 123 cm³/mol. The zero-order valence-electron chi connectivity index (χ0n) is 17.1. The van der Waals surface area contributed by atoms with Crippen molar-refractivity contribution in [3.63, 3.8) is 0 Å². The number of anilines is 1. The quantitative estimate of drug-likeness (QED) is 0.516. The molecule has 0 saturated heterocycles. The first-order valence-electron chi connectivity index (χ1n) is 10.1. The number of para-hydroxylation sites is 1. The number of benzene rings is 2. The molecule has 0 unspecified atom stereocenters. The van der Waals surface area contributed by atoms with Crippen LogP contribution in [0.5, 0.6) is 0 Å². The minimum absolute atomic E-state index is 0.127. The van der Waals surface area contributed by atoms with Crippen LogP contribution in [-0.2, 0) is 17.8 Å². The van der Waals surface area contributed by atoms with E-state index in [1.807, 2.05) is 54.8 Å². The lowest BCUT2D eigenvalue weighted by Gasteiger charge is -2.19. The molecule has 1 aromatic heterocycles. The third-order valence-electron chi connectivity index (χ3n) is 4.76. The lowest BCUT2D eigenvalue weighted by Crippen LogP contribution is -2.33. The number of thiophene rings is 1. The summed E-state index contributed by atoms with van der Waals surface area (Å²) in [5.41, 5.74) is 2.18. The van der Waals surface area contributed by atoms with Crippen molar-refractivity contribution in [3.05, 3.63) is 88.1 Å². The molecule has 3 aromatic rings. The van der Waals surface area contributed by atoms with Gasteiger partial charge in [0.1, 0.15) is 0 Å². The third-order valence-corrected chi connectivity index (χ3v) is 5.62. The van der Waals surface area contributed by atoms with Gasteiger partial charge in [0.05, 0.1) is 17.8 Å². The maximum atomic E-state index is 12.7. The van der Waals surface area contributed by atoms with E-state index < -0.39 is 0 Å². The molecule has 0 spiro atoms. The molecule has 0 aliphatic carbocycles. The van der Waals surface area contributed by atoms with Gasteiger partial charge >= 0.3 is 0 Å². The van der Waals surface area contributed by atoms with Gasteiger partial charge in [0.2, 0.25) is 5.91 Å². The van der Waals surface area contributed by atoms with Crippen molar-refractivity contribution in [1.29, 1.82) is 0 Å². The Morgan fingerprint density at radius 3 is 2.47 bits per heavy atom. The second-order valence-electron chi connectivity index (χ2n) is 6.97. The highest BCUT2D eigenvalue weighted by atomic mass is 32.1. The van der Waals surface area contributed by atoms with Crippen LogP contribution in [-0.4, -0.2) is 36.3 Å². The topological polar surface area (TPSA) is 61.4 Å². The summed E-state index contributed by atoms with van der Waals surface area (Å²) in [5.74, 6) is -0.314. The molecule has 2 amide bonds. The molecule has 0 aliphatic heterocycles. The van der Waals surface area contributed by atoms with Crippen molar-refractivity contribution < 1.29 is 9.59 Å². The zero-order valence-corrected chi connectivity index (χ0v) is 18.0. The van der Waals surface area contributed by atoms with Crippen LogP contribution in [0, 0.1) is 0 Å². The van der Waals surface area contributed by atoms with Crippen molar-refractivity contribution in [2.75, 3.05) is 25.0 Å². The average Bonchev–Trinajstić information content (AvgIpc) is 3.27. The van der Waals surface area contributed by atoms with E-state index in [9.17, 15) is 9.59 Å². The lowest BCUT2D eigenvalue weighted by molar-refractivity contribution is -0.117. The summed E-state index contributed by atoms with van der Waals surface area (Å²) in [6.07, 6.45) is 0.759. The maximum Gasteiger partial charge on any atom is 0.253 e. The Labute approximate surface area is 181 Å². The fourth-order valence-electron chi connectivity index (χ4n) is 3.15. The number of rotatable bonds is 10. The van der Waals surface area contributed by atoms with Crippen LogP contribution in [0.3, 0.4) is 0 Å². The first-order chi connectivity index (χ1) is 14.7. The average molecular weight is 422 g/mol. The Balaban J connectivity index is 1.55. The van der Waals surface area contributed by atoms with Crippen molar-refractivity contribution in [2.45, 2.75) is 19.9 Å². The van der Waals surface area contributed by atoms with Gasteiger partial charge in [-0.15, -0.1) is 11.3 Å². The van der Waals surface area contributed by atoms with Gasteiger partial charge in [-0.3, -0.25) is 14.5 Å². The molecular formula is C24H27N3O2S. The lowest BCUT2D eigenvalue weighted by atomic mass is 10.1. The van der Waals surface area contributed by atoms with E-state index in [0.717, 1.165) is 19.5 Å². The van der Waals surface area contributed by atoms with E-state index in [1.54, 1.807) is 29.5 Å². The summed E-state index contributed by atoms with van der Waals surface area (Å²) in [6, 6.07) is 21.2. The van der Waals surface area contributed by atoms with Crippen LogP contribution in [0.4, 0.5) is 5.69 Å². The number of amides is 2. The van der Waals surface area contributed by atoms with Gasteiger partial charge in [-0.25, -0.2) is 0 Å². The Bertz CT molecular complexity index is 942. The van der Waals surface area contributed by atoms with Gasteiger partial charge < -0.3 is 10.6 Å². The zero-order chi connectivity index (χ0) is 21.2. The highest BCUT2D eigenvalue weighted by molar-refractivity contribution is 7.09. The fourth-order valence-corrected chi connectivity index (χ4v) is 3.89. The first-order valence-corrected chi connectivity index (χ1v) is 11.0. The number of carbonyl (C=O) groups is 2. The second-order valence-corrected chi connectivity index (χ2v) is 8.00. The molecule has 0 radical (unpaired) electrons. The van der Waals surface area contributed by atoms with Gasteiger partial charge in [-0.2, -0.15) is 0 Å². The van der Waals surface area contributed by atoms with Crippen LogP contribution in [0.25, 0.3) is 0 Å². The van der Waals surface area contributed by atoms with Crippen LogP contribution in [0.1, 0.15) is 27.7 Å². The molecule has 3 rings (SSSR count). The number of likely N-dealkylation sites (N-methyl/N-ethyl adjacent to an activating group) is 1. The molecule has 1 heterocycles. The molecule has 2 N–H and O–H groups in total. The van der Waals surface area contributed by atoms with Crippen molar-refractivity contribution in [1.82, 2.24) is 10.2 Å². The van der Waals surface area contributed by atoms with Gasteiger partial charge in [0, 0.05) is 18.0 Å². The number of hydrogen-bond donors (Lipinski definition) is 2. The summed E-state index contributed by atoms with van der Waals surface area (Å²) < 4.78 is 0. The summed E-state index contributed by atoms with van der Waals surface area (Å²) in [7, 11) is 0. The third kappa shape index (κ3) is 6.54. The maximum absolute atomic E-state index is 12.7. The molecule has 30 heavy (non-hydrogen) atoms. The molecule has 5 nitrogen and oxygen atoms in total. The van der Waals surface area contributed by atoms with E-state index in [4.69, 9.17) is 0 Å². The highest BCUT2D eigenvalue weighted by Crippen LogP contribution is 2.16. The molecule has 0 aliphatic rings. The van der Waals surface area contributed by atoms with Gasteiger partial charge in [0.25, 0.3) is 5.91 Å². The van der Waals surface area contributed by atoms with E-state index in [1.165, 1.54) is 10.4 Å². The van der Waals surface area contributed by atoms with Gasteiger partial charge in [-0.05, 0) is 42.1 Å². The standard InChI is InChI=1S/C24H27N3O2S/c1-2-27(17-20-11-8-16-30-20)18-23(28)26-22-13-7-6-12-21(22)24(29)25-15-14-19-9-4-3-5-10-19/h3-13,16H,2,14-15,17-18H2,1H3,(H,25,29)(H,26,28). The Hall–Kier alpha value is -2.96. The minimum Gasteiger partial charge on any atom is -0.352 e. The number of nitrogens with zero attached hydrogens (tertiary/aromatic N) is 1. The highest BCUT2D eigenvalue weighted by Gasteiger charge is 2.15. The molecule has 0 saturated carbocycles. The van der Waals surface area contributed by atoms with E-state index in [0.29, 0.717) is 17.8 Å². The summed E-state index contributed by atoms with van der Waals surface area (Å²) in [4.78, 5) is 28.6. The second kappa shape index (κ2) is 11.3. The Kier molecular flexibility index (Phi) is 8.18. The predicted octanol–water partition coefficient (Wildman–Crippen LogP) is 4.18. The van der Waals surface area contributed by atoms with E-state index in [2.05, 4.69) is 21.6 Å². The van der Waals surface area contributed by atoms with Crippen molar-refractivity contribution in [2.24, 2.45) is 0 Å². The molecule has 0 fully saturated rings.